The Morgan fingerprint density at radius 1 is 1.22 bits per heavy atom. The van der Waals surface area contributed by atoms with Crippen LogP contribution in [0, 0.1) is 31.6 Å². The van der Waals surface area contributed by atoms with Crippen LogP contribution < -0.4 is 11.3 Å². The SMILES string of the molecule is Cc1ccc(C)c(C(NN)C2CC3CCC2C3)c1. The van der Waals surface area contributed by atoms with Crippen LogP contribution in [0.1, 0.15) is 48.4 Å². The quantitative estimate of drug-likeness (QED) is 0.633. The van der Waals surface area contributed by atoms with Gasteiger partial charge in [-0.3, -0.25) is 11.3 Å². The van der Waals surface area contributed by atoms with Crippen LogP contribution in [0.4, 0.5) is 0 Å². The predicted octanol–water partition coefficient (Wildman–Crippen LogP) is 3.24. The minimum absolute atomic E-state index is 0.347. The first kappa shape index (κ1) is 12.2. The minimum Gasteiger partial charge on any atom is -0.271 e. The van der Waals surface area contributed by atoms with E-state index >= 15 is 0 Å². The minimum atomic E-state index is 0.347. The molecule has 2 fully saturated rings. The van der Waals surface area contributed by atoms with E-state index in [1.807, 2.05) is 0 Å². The summed E-state index contributed by atoms with van der Waals surface area (Å²) in [5.41, 5.74) is 7.22. The van der Waals surface area contributed by atoms with Crippen molar-refractivity contribution in [3.8, 4) is 0 Å². The maximum Gasteiger partial charge on any atom is 0.0493 e. The first-order chi connectivity index (χ1) is 8.69. The summed E-state index contributed by atoms with van der Waals surface area (Å²) in [4.78, 5) is 0. The number of benzene rings is 1. The number of hydrogen-bond donors (Lipinski definition) is 2. The molecule has 3 N–H and O–H groups in total. The molecule has 0 heterocycles. The van der Waals surface area contributed by atoms with Gasteiger partial charge in [-0.05, 0) is 62.0 Å². The van der Waals surface area contributed by atoms with Crippen LogP contribution >= 0.6 is 0 Å². The summed E-state index contributed by atoms with van der Waals surface area (Å²) in [6.07, 6.45) is 5.67. The molecule has 98 valence electrons. The first-order valence-corrected chi connectivity index (χ1v) is 7.22. The monoisotopic (exact) mass is 244 g/mol. The third-order valence-electron chi connectivity index (χ3n) is 5.17. The molecule has 0 amide bonds. The van der Waals surface area contributed by atoms with Gasteiger partial charge in [-0.25, -0.2) is 0 Å². The van der Waals surface area contributed by atoms with Gasteiger partial charge in [0.05, 0.1) is 0 Å². The fourth-order valence-corrected chi connectivity index (χ4v) is 4.24. The normalized spacial score (nSPS) is 31.8. The summed E-state index contributed by atoms with van der Waals surface area (Å²) in [6.45, 7) is 4.36. The lowest BCUT2D eigenvalue weighted by atomic mass is 9.79. The van der Waals surface area contributed by atoms with Crippen molar-refractivity contribution in [2.24, 2.45) is 23.6 Å². The van der Waals surface area contributed by atoms with Crippen molar-refractivity contribution < 1.29 is 0 Å². The first-order valence-electron chi connectivity index (χ1n) is 7.22. The molecule has 2 heteroatoms. The van der Waals surface area contributed by atoms with Crippen molar-refractivity contribution in [2.45, 2.75) is 45.6 Å². The van der Waals surface area contributed by atoms with Crippen molar-refractivity contribution >= 4 is 0 Å². The summed E-state index contributed by atoms with van der Waals surface area (Å²) >= 11 is 0. The van der Waals surface area contributed by atoms with Crippen LogP contribution in [0.15, 0.2) is 18.2 Å². The highest BCUT2D eigenvalue weighted by Crippen LogP contribution is 2.52. The molecule has 2 bridgehead atoms. The molecule has 0 saturated heterocycles. The number of hydrogen-bond acceptors (Lipinski definition) is 2. The second-order valence-electron chi connectivity index (χ2n) is 6.34. The van der Waals surface area contributed by atoms with E-state index in [4.69, 9.17) is 5.84 Å². The zero-order valence-electron chi connectivity index (χ0n) is 11.4. The zero-order chi connectivity index (χ0) is 12.7. The molecule has 2 nitrogen and oxygen atoms in total. The molecule has 1 aromatic rings. The molecule has 18 heavy (non-hydrogen) atoms. The molecule has 4 unspecified atom stereocenters. The van der Waals surface area contributed by atoms with Gasteiger partial charge < -0.3 is 0 Å². The Hall–Kier alpha value is -0.860. The number of fused-ring (bicyclic) bond motifs is 2. The lowest BCUT2D eigenvalue weighted by molar-refractivity contribution is 0.251. The Labute approximate surface area is 110 Å². The van der Waals surface area contributed by atoms with Gasteiger partial charge in [-0.15, -0.1) is 0 Å². The molecular weight excluding hydrogens is 220 g/mol. The van der Waals surface area contributed by atoms with Gasteiger partial charge in [0.1, 0.15) is 0 Å². The number of nitrogens with one attached hydrogen (secondary N) is 1. The topological polar surface area (TPSA) is 38.0 Å². The standard InChI is InChI=1S/C16H24N2/c1-10-3-4-11(2)14(7-10)16(18-17)15-9-12-5-6-13(15)8-12/h3-4,7,12-13,15-16,18H,5-6,8-9,17H2,1-2H3. The maximum absolute atomic E-state index is 5.89. The average Bonchev–Trinajstić information content (AvgIpc) is 2.97. The third kappa shape index (κ3) is 1.98. The molecule has 4 atom stereocenters. The highest BCUT2D eigenvalue weighted by Gasteiger charge is 2.43. The molecule has 0 aliphatic heterocycles. The van der Waals surface area contributed by atoms with Crippen LogP contribution in [-0.4, -0.2) is 0 Å². The van der Waals surface area contributed by atoms with Crippen LogP contribution in [0.5, 0.6) is 0 Å². The second-order valence-corrected chi connectivity index (χ2v) is 6.34. The van der Waals surface area contributed by atoms with Crippen molar-refractivity contribution in [3.05, 3.63) is 34.9 Å². The Morgan fingerprint density at radius 3 is 2.67 bits per heavy atom. The fourth-order valence-electron chi connectivity index (χ4n) is 4.24. The summed E-state index contributed by atoms with van der Waals surface area (Å²) in [7, 11) is 0. The molecule has 0 aromatic heterocycles. The van der Waals surface area contributed by atoms with Gasteiger partial charge in [0, 0.05) is 6.04 Å². The highest BCUT2D eigenvalue weighted by molar-refractivity contribution is 5.33. The van der Waals surface area contributed by atoms with Crippen molar-refractivity contribution in [3.63, 3.8) is 0 Å². The van der Waals surface area contributed by atoms with Gasteiger partial charge in [0.25, 0.3) is 0 Å². The van der Waals surface area contributed by atoms with Crippen molar-refractivity contribution in [2.75, 3.05) is 0 Å². The van der Waals surface area contributed by atoms with E-state index in [0.29, 0.717) is 6.04 Å². The number of nitrogens with two attached hydrogens (primary N) is 1. The summed E-state index contributed by atoms with van der Waals surface area (Å²) in [5, 5.41) is 0. The van der Waals surface area contributed by atoms with E-state index in [0.717, 1.165) is 17.8 Å². The van der Waals surface area contributed by atoms with Gasteiger partial charge in [0.15, 0.2) is 0 Å². The molecule has 2 aliphatic rings. The summed E-state index contributed by atoms with van der Waals surface area (Å²) in [6, 6.07) is 7.07. The average molecular weight is 244 g/mol. The van der Waals surface area contributed by atoms with Gasteiger partial charge >= 0.3 is 0 Å². The summed E-state index contributed by atoms with van der Waals surface area (Å²) < 4.78 is 0. The lowest BCUT2D eigenvalue weighted by Gasteiger charge is -2.31. The number of aryl methyl sites for hydroxylation is 2. The second kappa shape index (κ2) is 4.67. The van der Waals surface area contributed by atoms with Gasteiger partial charge in [0.2, 0.25) is 0 Å². The smallest absolute Gasteiger partial charge is 0.0493 e. The van der Waals surface area contributed by atoms with Crippen LogP contribution in [0.25, 0.3) is 0 Å². The highest BCUT2D eigenvalue weighted by atomic mass is 15.2. The van der Waals surface area contributed by atoms with E-state index in [9.17, 15) is 0 Å². The van der Waals surface area contributed by atoms with Crippen molar-refractivity contribution in [1.29, 1.82) is 0 Å². The third-order valence-corrected chi connectivity index (χ3v) is 5.17. The van der Waals surface area contributed by atoms with E-state index in [2.05, 4.69) is 37.5 Å². The molecule has 2 aliphatic carbocycles. The fraction of sp³-hybridized carbons (Fsp3) is 0.625. The Bertz CT molecular complexity index is 441. The molecule has 2 saturated carbocycles. The largest absolute Gasteiger partial charge is 0.271 e. The maximum atomic E-state index is 5.89. The van der Waals surface area contributed by atoms with E-state index < -0.39 is 0 Å². The zero-order valence-corrected chi connectivity index (χ0v) is 11.4. The number of rotatable bonds is 3. The molecule has 0 spiro atoms. The Balaban J connectivity index is 1.90. The van der Waals surface area contributed by atoms with E-state index in [1.165, 1.54) is 42.4 Å². The molecule has 1 aromatic carbocycles. The Morgan fingerprint density at radius 2 is 2.06 bits per heavy atom. The lowest BCUT2D eigenvalue weighted by Crippen LogP contribution is -2.36. The van der Waals surface area contributed by atoms with E-state index in [1.54, 1.807) is 0 Å². The van der Waals surface area contributed by atoms with Gasteiger partial charge in [-0.2, -0.15) is 0 Å². The van der Waals surface area contributed by atoms with Crippen LogP contribution in [0.3, 0.4) is 0 Å². The summed E-state index contributed by atoms with van der Waals surface area (Å²) in [5.74, 6) is 8.50. The van der Waals surface area contributed by atoms with Crippen molar-refractivity contribution in [1.82, 2.24) is 5.43 Å². The van der Waals surface area contributed by atoms with Crippen LogP contribution in [0.2, 0.25) is 0 Å². The van der Waals surface area contributed by atoms with E-state index in [-0.39, 0.29) is 0 Å². The molecule has 0 radical (unpaired) electrons. The predicted molar refractivity (Wildman–Crippen MR) is 74.9 cm³/mol. The van der Waals surface area contributed by atoms with Gasteiger partial charge in [-0.1, -0.05) is 30.2 Å². The Kier molecular flexibility index (Phi) is 3.16. The van der Waals surface area contributed by atoms with Crippen LogP contribution in [-0.2, 0) is 0 Å². The number of hydrazine groups is 1. The molecule has 3 rings (SSSR count). The molecular formula is C16H24N2.